The van der Waals surface area contributed by atoms with Gasteiger partial charge in [-0.25, -0.2) is 0 Å². The molecule has 1 aromatic carbocycles. The van der Waals surface area contributed by atoms with Gasteiger partial charge in [-0.15, -0.1) is 0 Å². The number of benzene rings is 1. The van der Waals surface area contributed by atoms with Crippen LogP contribution in [-0.4, -0.2) is 17.4 Å². The summed E-state index contributed by atoms with van der Waals surface area (Å²) in [6.07, 6.45) is 0.828. The molecular weight excluding hydrogens is 250 g/mol. The topological polar surface area (TPSA) is 52.4 Å². The zero-order valence-corrected chi connectivity index (χ0v) is 9.28. The van der Waals surface area contributed by atoms with Crippen molar-refractivity contribution in [3.63, 3.8) is 0 Å². The Labute approximate surface area is 90.2 Å². The number of halogens is 1. The van der Waals surface area contributed by atoms with Crippen LogP contribution in [0, 0.1) is 10.1 Å². The van der Waals surface area contributed by atoms with Crippen LogP contribution in [0.1, 0.15) is 5.56 Å². The molecule has 0 spiro atoms. The van der Waals surface area contributed by atoms with E-state index >= 15 is 0 Å². The summed E-state index contributed by atoms with van der Waals surface area (Å²) < 4.78 is 4.94. The number of nitro benzene ring substituents is 1. The van der Waals surface area contributed by atoms with Gasteiger partial charge in [0.15, 0.2) is 5.75 Å². The minimum atomic E-state index is -0.448. The Bertz CT molecular complexity index is 341. The molecule has 14 heavy (non-hydrogen) atoms. The summed E-state index contributed by atoms with van der Waals surface area (Å²) in [4.78, 5) is 10.1. The fraction of sp³-hybridized carbons (Fsp3) is 0.333. The predicted octanol–water partition coefficient (Wildman–Crippen LogP) is 2.54. The van der Waals surface area contributed by atoms with Crippen LogP contribution >= 0.6 is 15.9 Å². The van der Waals surface area contributed by atoms with Crippen molar-refractivity contribution in [1.29, 1.82) is 0 Å². The standard InChI is InChI=1S/C9H10BrNO3/c1-14-9-6-7(4-5-10)2-3-8(9)11(12)13/h2-3,6H,4-5H2,1H3. The number of rotatable bonds is 4. The molecule has 0 saturated heterocycles. The molecule has 0 unspecified atom stereocenters. The van der Waals surface area contributed by atoms with Crippen LogP contribution in [0.3, 0.4) is 0 Å². The molecule has 0 aromatic heterocycles. The van der Waals surface area contributed by atoms with Crippen molar-refractivity contribution >= 4 is 21.6 Å². The highest BCUT2D eigenvalue weighted by molar-refractivity contribution is 9.09. The maximum atomic E-state index is 10.6. The smallest absolute Gasteiger partial charge is 0.310 e. The molecule has 0 atom stereocenters. The molecule has 0 aliphatic rings. The maximum Gasteiger partial charge on any atom is 0.310 e. The van der Waals surface area contributed by atoms with Gasteiger partial charge in [-0.1, -0.05) is 22.0 Å². The zero-order valence-electron chi connectivity index (χ0n) is 7.70. The second kappa shape index (κ2) is 4.95. The van der Waals surface area contributed by atoms with Crippen LogP contribution in [0.2, 0.25) is 0 Å². The van der Waals surface area contributed by atoms with Crippen LogP contribution in [0.4, 0.5) is 5.69 Å². The summed E-state index contributed by atoms with van der Waals surface area (Å²) >= 11 is 3.31. The SMILES string of the molecule is COc1cc(CCBr)ccc1[N+](=O)[O-]. The first-order valence-corrected chi connectivity index (χ1v) is 5.18. The van der Waals surface area contributed by atoms with E-state index in [1.807, 2.05) is 0 Å². The Morgan fingerprint density at radius 3 is 2.79 bits per heavy atom. The highest BCUT2D eigenvalue weighted by Crippen LogP contribution is 2.27. The van der Waals surface area contributed by atoms with Crippen LogP contribution in [0.5, 0.6) is 5.75 Å². The van der Waals surface area contributed by atoms with E-state index in [1.165, 1.54) is 13.2 Å². The maximum absolute atomic E-state index is 10.6. The molecule has 0 fully saturated rings. The largest absolute Gasteiger partial charge is 0.490 e. The van der Waals surface area contributed by atoms with Crippen molar-refractivity contribution in [2.24, 2.45) is 0 Å². The zero-order chi connectivity index (χ0) is 10.6. The number of methoxy groups -OCH3 is 1. The molecule has 0 aliphatic carbocycles. The fourth-order valence-electron chi connectivity index (χ4n) is 1.14. The summed E-state index contributed by atoms with van der Waals surface area (Å²) in [5, 5.41) is 11.4. The number of hydrogen-bond acceptors (Lipinski definition) is 3. The molecule has 0 saturated carbocycles. The van der Waals surface area contributed by atoms with E-state index in [4.69, 9.17) is 4.74 Å². The molecule has 0 heterocycles. The average molecular weight is 260 g/mol. The highest BCUT2D eigenvalue weighted by atomic mass is 79.9. The third kappa shape index (κ3) is 2.45. The van der Waals surface area contributed by atoms with Gasteiger partial charge in [-0.3, -0.25) is 10.1 Å². The molecular formula is C9H10BrNO3. The fourth-order valence-corrected chi connectivity index (χ4v) is 1.60. The van der Waals surface area contributed by atoms with Gasteiger partial charge in [0.1, 0.15) is 0 Å². The number of nitrogens with zero attached hydrogens (tertiary/aromatic N) is 1. The van der Waals surface area contributed by atoms with Gasteiger partial charge in [0, 0.05) is 11.4 Å². The first kappa shape index (κ1) is 11.0. The van der Waals surface area contributed by atoms with E-state index < -0.39 is 4.92 Å². The lowest BCUT2D eigenvalue weighted by molar-refractivity contribution is -0.385. The number of hydrogen-bond donors (Lipinski definition) is 0. The van der Waals surface area contributed by atoms with Crippen molar-refractivity contribution in [2.45, 2.75) is 6.42 Å². The van der Waals surface area contributed by atoms with E-state index in [0.717, 1.165) is 17.3 Å². The van der Waals surface area contributed by atoms with Crippen LogP contribution in [-0.2, 0) is 6.42 Å². The lowest BCUT2D eigenvalue weighted by Gasteiger charge is -2.03. The van der Waals surface area contributed by atoms with Crippen LogP contribution < -0.4 is 4.74 Å². The predicted molar refractivity (Wildman–Crippen MR) is 57.1 cm³/mol. The molecule has 5 heteroatoms. The Hall–Kier alpha value is -1.10. The number of nitro groups is 1. The molecule has 1 rings (SSSR count). The normalized spacial score (nSPS) is 9.86. The number of ether oxygens (including phenoxy) is 1. The minimum absolute atomic E-state index is 0.00539. The van der Waals surface area contributed by atoms with Gasteiger partial charge < -0.3 is 4.74 Å². The summed E-state index contributed by atoms with van der Waals surface area (Å²) in [7, 11) is 1.43. The molecule has 1 aromatic rings. The Morgan fingerprint density at radius 1 is 1.57 bits per heavy atom. The number of aryl methyl sites for hydroxylation is 1. The molecule has 0 N–H and O–H groups in total. The molecule has 0 amide bonds. The molecule has 0 aliphatic heterocycles. The van der Waals surface area contributed by atoms with E-state index in [9.17, 15) is 10.1 Å². The van der Waals surface area contributed by atoms with Gasteiger partial charge in [-0.2, -0.15) is 0 Å². The molecule has 76 valence electrons. The van der Waals surface area contributed by atoms with Crippen molar-refractivity contribution in [3.05, 3.63) is 33.9 Å². The third-order valence-corrected chi connectivity index (χ3v) is 2.22. The second-order valence-corrected chi connectivity index (χ2v) is 3.50. The van der Waals surface area contributed by atoms with Crippen molar-refractivity contribution in [1.82, 2.24) is 0 Å². The Morgan fingerprint density at radius 2 is 2.29 bits per heavy atom. The first-order valence-electron chi connectivity index (χ1n) is 4.06. The van der Waals surface area contributed by atoms with E-state index in [0.29, 0.717) is 5.75 Å². The van der Waals surface area contributed by atoms with Crippen molar-refractivity contribution in [3.8, 4) is 5.75 Å². The quantitative estimate of drug-likeness (QED) is 0.475. The molecule has 4 nitrogen and oxygen atoms in total. The Kier molecular flexibility index (Phi) is 3.88. The lowest BCUT2D eigenvalue weighted by atomic mass is 10.1. The van der Waals surface area contributed by atoms with Crippen LogP contribution in [0.25, 0.3) is 0 Å². The minimum Gasteiger partial charge on any atom is -0.490 e. The van der Waals surface area contributed by atoms with E-state index in [2.05, 4.69) is 15.9 Å². The van der Waals surface area contributed by atoms with E-state index in [-0.39, 0.29) is 5.69 Å². The highest BCUT2D eigenvalue weighted by Gasteiger charge is 2.13. The van der Waals surface area contributed by atoms with Crippen LogP contribution in [0.15, 0.2) is 18.2 Å². The third-order valence-electron chi connectivity index (χ3n) is 1.82. The second-order valence-electron chi connectivity index (χ2n) is 2.70. The van der Waals surface area contributed by atoms with Gasteiger partial charge in [0.05, 0.1) is 12.0 Å². The number of alkyl halides is 1. The van der Waals surface area contributed by atoms with Gasteiger partial charge >= 0.3 is 5.69 Å². The van der Waals surface area contributed by atoms with Crippen molar-refractivity contribution < 1.29 is 9.66 Å². The van der Waals surface area contributed by atoms with Gasteiger partial charge in [0.2, 0.25) is 0 Å². The summed E-state index contributed by atoms with van der Waals surface area (Å²) in [6.45, 7) is 0. The molecule has 0 radical (unpaired) electrons. The van der Waals surface area contributed by atoms with Gasteiger partial charge in [0.25, 0.3) is 0 Å². The average Bonchev–Trinajstić information content (AvgIpc) is 2.17. The summed E-state index contributed by atoms with van der Waals surface area (Å²) in [5.74, 6) is 0.313. The summed E-state index contributed by atoms with van der Waals surface area (Å²) in [5.41, 5.74) is 1.02. The lowest BCUT2D eigenvalue weighted by Crippen LogP contribution is -1.95. The van der Waals surface area contributed by atoms with E-state index in [1.54, 1.807) is 12.1 Å². The first-order chi connectivity index (χ1) is 6.69. The molecule has 0 bridgehead atoms. The Balaban J connectivity index is 3.05. The van der Waals surface area contributed by atoms with Gasteiger partial charge in [-0.05, 0) is 18.1 Å². The summed E-state index contributed by atoms with van der Waals surface area (Å²) in [6, 6.07) is 4.90. The monoisotopic (exact) mass is 259 g/mol. The van der Waals surface area contributed by atoms with Crippen molar-refractivity contribution in [2.75, 3.05) is 12.4 Å².